The molecule has 0 fully saturated rings. The topological polar surface area (TPSA) is 26.3 Å². The van der Waals surface area contributed by atoms with Crippen molar-refractivity contribution in [3.8, 4) is 0 Å². The molecule has 0 aliphatic heterocycles. The second-order valence-corrected chi connectivity index (χ2v) is 5.88. The van der Waals surface area contributed by atoms with Gasteiger partial charge in [-0.1, -0.05) is 19.8 Å². The van der Waals surface area contributed by atoms with Crippen LogP contribution in [0, 0.1) is 0 Å². The molecule has 0 aromatic carbocycles. The van der Waals surface area contributed by atoms with E-state index >= 15 is 0 Å². The van der Waals surface area contributed by atoms with E-state index in [0.717, 1.165) is 19.3 Å². The van der Waals surface area contributed by atoms with Gasteiger partial charge < -0.3 is 4.52 Å². The molecule has 10 heavy (non-hydrogen) atoms. The molecule has 0 aliphatic rings. The molecule has 0 N–H and O–H groups in total. The third-order valence-electron chi connectivity index (χ3n) is 1.07. The lowest BCUT2D eigenvalue weighted by Crippen LogP contribution is -1.87. The molecule has 0 bridgehead atoms. The summed E-state index contributed by atoms with van der Waals surface area (Å²) in [5.74, 6) is 0. The Labute approximate surface area is 67.1 Å². The Morgan fingerprint density at radius 1 is 1.50 bits per heavy atom. The molecule has 0 saturated heterocycles. The lowest BCUT2D eigenvalue weighted by Gasteiger charge is -2.04. The number of rotatable bonds is 5. The number of halogens is 1. The van der Waals surface area contributed by atoms with Gasteiger partial charge in [0, 0.05) is 6.66 Å². The molecule has 1 atom stereocenters. The molecule has 0 rings (SSSR count). The van der Waals surface area contributed by atoms with E-state index in [2.05, 4.69) is 6.92 Å². The second kappa shape index (κ2) is 5.17. The summed E-state index contributed by atoms with van der Waals surface area (Å²) in [6.45, 7) is 1.31. The maximum Gasteiger partial charge on any atom is 0.287 e. The largest absolute Gasteiger partial charge is 0.318 e. The van der Waals surface area contributed by atoms with Gasteiger partial charge in [0.25, 0.3) is 6.72 Å². The first-order chi connectivity index (χ1) is 4.56. The Hall–Kier alpha value is 0.480. The van der Waals surface area contributed by atoms with Crippen LogP contribution in [0.25, 0.3) is 0 Å². The zero-order chi connectivity index (χ0) is 8.04. The van der Waals surface area contributed by atoms with Crippen molar-refractivity contribution in [2.24, 2.45) is 0 Å². The molecule has 2 nitrogen and oxygen atoms in total. The maximum absolute atomic E-state index is 10.7. The van der Waals surface area contributed by atoms with Crippen LogP contribution in [0.15, 0.2) is 0 Å². The van der Waals surface area contributed by atoms with Crippen LogP contribution >= 0.6 is 18.0 Å². The smallest absolute Gasteiger partial charge is 0.287 e. The van der Waals surface area contributed by atoms with Crippen molar-refractivity contribution in [1.82, 2.24) is 0 Å². The Balaban J connectivity index is 3.13. The average Bonchev–Trinajstić information content (AvgIpc) is 1.78. The summed E-state index contributed by atoms with van der Waals surface area (Å²) in [4.78, 5) is 0. The highest BCUT2D eigenvalue weighted by Crippen LogP contribution is 2.47. The van der Waals surface area contributed by atoms with Gasteiger partial charge in [-0.25, -0.2) is 0 Å². The standard InChI is InChI=1S/C6H14ClO2P/c1-3-4-5-6-9-10(2,7)8/h3-6H2,1-2H3. The van der Waals surface area contributed by atoms with Gasteiger partial charge >= 0.3 is 0 Å². The SMILES string of the molecule is CCCCCOP(C)(=O)Cl. The summed E-state index contributed by atoms with van der Waals surface area (Å²) in [5, 5.41) is 0. The van der Waals surface area contributed by atoms with Gasteiger partial charge in [-0.2, -0.15) is 0 Å². The first kappa shape index (κ1) is 10.5. The van der Waals surface area contributed by atoms with E-state index in [0.29, 0.717) is 6.61 Å². The molecule has 0 amide bonds. The fourth-order valence-electron chi connectivity index (χ4n) is 0.580. The molecule has 0 radical (unpaired) electrons. The van der Waals surface area contributed by atoms with E-state index in [4.69, 9.17) is 15.8 Å². The van der Waals surface area contributed by atoms with Crippen LogP contribution in [-0.4, -0.2) is 13.3 Å². The minimum atomic E-state index is -2.73. The highest BCUT2D eigenvalue weighted by Gasteiger charge is 2.08. The zero-order valence-corrected chi connectivity index (χ0v) is 8.12. The lowest BCUT2D eigenvalue weighted by atomic mass is 10.3. The van der Waals surface area contributed by atoms with E-state index in [-0.39, 0.29) is 0 Å². The highest BCUT2D eigenvalue weighted by molar-refractivity contribution is 7.84. The molecule has 0 aromatic rings. The molecule has 0 saturated carbocycles. The van der Waals surface area contributed by atoms with Crippen LogP contribution in [0.2, 0.25) is 0 Å². The minimum absolute atomic E-state index is 0.519. The average molecular weight is 185 g/mol. The monoisotopic (exact) mass is 184 g/mol. The molecule has 1 unspecified atom stereocenters. The van der Waals surface area contributed by atoms with Crippen LogP contribution in [0.5, 0.6) is 0 Å². The first-order valence-corrected chi connectivity index (χ1v) is 6.45. The van der Waals surface area contributed by atoms with E-state index < -0.39 is 6.72 Å². The minimum Gasteiger partial charge on any atom is -0.318 e. The van der Waals surface area contributed by atoms with Crippen molar-refractivity contribution in [3.05, 3.63) is 0 Å². The molecular formula is C6H14ClO2P. The van der Waals surface area contributed by atoms with Crippen molar-refractivity contribution in [1.29, 1.82) is 0 Å². The van der Waals surface area contributed by atoms with Gasteiger partial charge in [-0.05, 0) is 17.7 Å². The van der Waals surface area contributed by atoms with Gasteiger partial charge in [-0.15, -0.1) is 0 Å². The molecule has 0 heterocycles. The Bertz CT molecular complexity index is 121. The summed E-state index contributed by atoms with van der Waals surface area (Å²) in [6, 6.07) is 0. The van der Waals surface area contributed by atoms with E-state index in [1.54, 1.807) is 0 Å². The van der Waals surface area contributed by atoms with Crippen LogP contribution in [0.1, 0.15) is 26.2 Å². The summed E-state index contributed by atoms with van der Waals surface area (Å²) in [5.41, 5.74) is 0. The van der Waals surface area contributed by atoms with Gasteiger partial charge in [0.2, 0.25) is 0 Å². The number of hydrogen-bond donors (Lipinski definition) is 0. The molecule has 4 heteroatoms. The Morgan fingerprint density at radius 2 is 2.10 bits per heavy atom. The van der Waals surface area contributed by atoms with E-state index in [1.807, 2.05) is 0 Å². The molecular weight excluding hydrogens is 170 g/mol. The van der Waals surface area contributed by atoms with Crippen LogP contribution in [0.3, 0.4) is 0 Å². The number of unbranched alkanes of at least 4 members (excludes halogenated alkanes) is 2. The molecule has 62 valence electrons. The third kappa shape index (κ3) is 8.48. The summed E-state index contributed by atoms with van der Waals surface area (Å²) >= 11 is 5.35. The van der Waals surface area contributed by atoms with Crippen molar-refractivity contribution in [3.63, 3.8) is 0 Å². The van der Waals surface area contributed by atoms with Crippen LogP contribution in [0.4, 0.5) is 0 Å². The summed E-state index contributed by atoms with van der Waals surface area (Å²) in [6.07, 6.45) is 3.19. The summed E-state index contributed by atoms with van der Waals surface area (Å²) in [7, 11) is 0. The van der Waals surface area contributed by atoms with Crippen molar-refractivity contribution < 1.29 is 9.09 Å². The molecule has 0 spiro atoms. The number of hydrogen-bond acceptors (Lipinski definition) is 2. The fourth-order valence-corrected chi connectivity index (χ4v) is 1.24. The molecule has 0 aromatic heterocycles. The quantitative estimate of drug-likeness (QED) is 0.484. The van der Waals surface area contributed by atoms with Gasteiger partial charge in [0.15, 0.2) is 0 Å². The predicted molar refractivity (Wildman–Crippen MR) is 44.9 cm³/mol. The van der Waals surface area contributed by atoms with E-state index in [9.17, 15) is 4.57 Å². The van der Waals surface area contributed by atoms with Crippen molar-refractivity contribution in [2.75, 3.05) is 13.3 Å². The normalized spacial score (nSPS) is 16.7. The lowest BCUT2D eigenvalue weighted by molar-refractivity contribution is 0.316. The van der Waals surface area contributed by atoms with Gasteiger partial charge in [0.05, 0.1) is 6.61 Å². The second-order valence-electron chi connectivity index (χ2n) is 2.29. The van der Waals surface area contributed by atoms with E-state index in [1.165, 1.54) is 6.66 Å². The van der Waals surface area contributed by atoms with Crippen LogP contribution < -0.4 is 0 Å². The van der Waals surface area contributed by atoms with Crippen molar-refractivity contribution >= 4 is 18.0 Å². The van der Waals surface area contributed by atoms with Crippen LogP contribution in [-0.2, 0) is 9.09 Å². The fraction of sp³-hybridized carbons (Fsp3) is 1.00. The Kier molecular flexibility index (Phi) is 5.42. The van der Waals surface area contributed by atoms with Gasteiger partial charge in [0.1, 0.15) is 0 Å². The van der Waals surface area contributed by atoms with Crippen molar-refractivity contribution in [2.45, 2.75) is 26.2 Å². The highest BCUT2D eigenvalue weighted by atomic mass is 35.7. The zero-order valence-electron chi connectivity index (χ0n) is 6.47. The van der Waals surface area contributed by atoms with Gasteiger partial charge in [-0.3, -0.25) is 4.57 Å². The summed E-state index contributed by atoms with van der Waals surface area (Å²) < 4.78 is 15.6. The Morgan fingerprint density at radius 3 is 2.50 bits per heavy atom. The third-order valence-corrected chi connectivity index (χ3v) is 2.01. The molecule has 0 aliphatic carbocycles. The predicted octanol–water partition coefficient (Wildman–Crippen LogP) is 3.25. The first-order valence-electron chi connectivity index (χ1n) is 3.48. The maximum atomic E-state index is 10.7.